The molecule has 2 atom stereocenters. The number of methoxy groups -OCH3 is 1. The number of nitrogens with zero attached hydrogens (tertiary/aromatic N) is 2. The van der Waals surface area contributed by atoms with Crippen LogP contribution in [0.15, 0.2) is 41.3 Å². The fourth-order valence-electron chi connectivity index (χ4n) is 3.37. The fourth-order valence-corrected chi connectivity index (χ4v) is 4.71. The molecule has 0 unspecified atom stereocenters. The average Bonchev–Trinajstić information content (AvgIpc) is 2.79. The number of carbonyl (C=O) groups is 1. The van der Waals surface area contributed by atoms with Crippen LogP contribution in [0.4, 0.5) is 5.69 Å². The molecule has 1 aliphatic heterocycles. The number of rotatable bonds is 5. The number of likely N-dealkylation sites (N-methyl/N-ethyl adjacent to an activating group) is 1. The van der Waals surface area contributed by atoms with Crippen LogP contribution in [0.25, 0.3) is 0 Å². The summed E-state index contributed by atoms with van der Waals surface area (Å²) in [5, 5.41) is 10.6. The minimum atomic E-state index is -1.12. The van der Waals surface area contributed by atoms with Crippen LogP contribution in [0, 0.1) is 13.8 Å². The maximum Gasteiger partial charge on any atom is 0.257 e. The highest BCUT2D eigenvalue weighted by Crippen LogP contribution is 2.47. The number of thioether (sulfide) groups is 1. The van der Waals surface area contributed by atoms with E-state index in [1.807, 2.05) is 50.2 Å². The number of hydrogen-bond donors (Lipinski definition) is 1. The van der Waals surface area contributed by atoms with Crippen molar-refractivity contribution >= 4 is 23.4 Å². The second-order valence-corrected chi connectivity index (χ2v) is 8.59. The third-order valence-electron chi connectivity index (χ3n) is 5.21. The Morgan fingerprint density at radius 3 is 2.43 bits per heavy atom. The molecule has 0 bridgehead atoms. The lowest BCUT2D eigenvalue weighted by Gasteiger charge is -2.28. The van der Waals surface area contributed by atoms with E-state index in [-0.39, 0.29) is 11.2 Å². The van der Waals surface area contributed by atoms with Gasteiger partial charge < -0.3 is 19.6 Å². The molecule has 0 saturated carbocycles. The third-order valence-corrected chi connectivity index (χ3v) is 6.58. The van der Waals surface area contributed by atoms with Crippen molar-refractivity contribution in [3.05, 3.63) is 53.1 Å². The van der Waals surface area contributed by atoms with Gasteiger partial charge in [-0.05, 0) is 62.8 Å². The van der Waals surface area contributed by atoms with Crippen LogP contribution in [-0.4, -0.2) is 56.3 Å². The van der Waals surface area contributed by atoms with E-state index in [0.29, 0.717) is 6.54 Å². The maximum absolute atomic E-state index is 13.3. The quantitative estimate of drug-likeness (QED) is 0.834. The van der Waals surface area contributed by atoms with Crippen LogP contribution in [0.3, 0.4) is 0 Å². The van der Waals surface area contributed by atoms with Gasteiger partial charge in [0.2, 0.25) is 0 Å². The molecule has 1 heterocycles. The van der Waals surface area contributed by atoms with E-state index in [2.05, 4.69) is 19.1 Å². The number of aliphatic hydroxyl groups excluding tert-OH is 1. The molecule has 1 amide bonds. The van der Waals surface area contributed by atoms with Gasteiger partial charge in [0.15, 0.2) is 0 Å². The summed E-state index contributed by atoms with van der Waals surface area (Å²) in [6, 6.07) is 11.7. The first-order valence-electron chi connectivity index (χ1n) is 9.38. The van der Waals surface area contributed by atoms with Crippen LogP contribution < -0.4 is 9.64 Å². The minimum Gasteiger partial charge on any atom is -0.497 e. The largest absolute Gasteiger partial charge is 0.497 e. The molecular weight excluding hydrogens is 372 g/mol. The number of fused-ring (bicyclic) bond motifs is 1. The number of amides is 1. The Hall–Kier alpha value is -2.02. The second kappa shape index (κ2) is 8.55. The smallest absolute Gasteiger partial charge is 0.257 e. The highest BCUT2D eigenvalue weighted by Gasteiger charge is 2.38. The van der Waals surface area contributed by atoms with Gasteiger partial charge in [-0.1, -0.05) is 18.2 Å². The van der Waals surface area contributed by atoms with E-state index in [0.717, 1.165) is 39.6 Å². The van der Waals surface area contributed by atoms with Crippen molar-refractivity contribution < 1.29 is 14.6 Å². The molecular formula is C22H28N2O3S. The molecule has 150 valence electrons. The lowest BCUT2D eigenvalue weighted by atomic mass is 10.0. The molecule has 1 aliphatic rings. The van der Waals surface area contributed by atoms with Crippen LogP contribution >= 0.6 is 11.8 Å². The van der Waals surface area contributed by atoms with Gasteiger partial charge >= 0.3 is 0 Å². The Labute approximate surface area is 171 Å². The minimum absolute atomic E-state index is 0.248. The van der Waals surface area contributed by atoms with E-state index >= 15 is 0 Å². The Morgan fingerprint density at radius 2 is 1.82 bits per heavy atom. The first-order valence-corrected chi connectivity index (χ1v) is 10.3. The number of benzene rings is 2. The van der Waals surface area contributed by atoms with Gasteiger partial charge in [0.05, 0.1) is 18.0 Å². The fraction of sp³-hybridized carbons (Fsp3) is 0.409. The average molecular weight is 401 g/mol. The number of aryl methyl sites for hydroxylation is 1. The van der Waals surface area contributed by atoms with Crippen molar-refractivity contribution in [3.63, 3.8) is 0 Å². The van der Waals surface area contributed by atoms with Gasteiger partial charge in [0.1, 0.15) is 11.9 Å². The van der Waals surface area contributed by atoms with Crippen molar-refractivity contribution in [1.29, 1.82) is 0 Å². The van der Waals surface area contributed by atoms with Gasteiger partial charge in [0, 0.05) is 18.0 Å². The van der Waals surface area contributed by atoms with Crippen LogP contribution in [0.5, 0.6) is 5.75 Å². The van der Waals surface area contributed by atoms with E-state index in [1.54, 1.807) is 23.8 Å². The molecule has 5 nitrogen and oxygen atoms in total. The molecule has 0 radical (unpaired) electrons. The maximum atomic E-state index is 13.3. The first kappa shape index (κ1) is 20.7. The molecule has 0 aliphatic carbocycles. The van der Waals surface area contributed by atoms with Gasteiger partial charge in [-0.15, -0.1) is 11.8 Å². The second-order valence-electron chi connectivity index (χ2n) is 7.40. The first-order chi connectivity index (χ1) is 13.3. The van der Waals surface area contributed by atoms with E-state index in [1.165, 1.54) is 0 Å². The summed E-state index contributed by atoms with van der Waals surface area (Å²) in [6.07, 6.45) is -1.12. The summed E-state index contributed by atoms with van der Waals surface area (Å²) in [5.41, 5.74) is 4.05. The molecule has 28 heavy (non-hydrogen) atoms. The number of aliphatic hydroxyl groups is 1. The summed E-state index contributed by atoms with van der Waals surface area (Å²) >= 11 is 1.55. The molecule has 0 spiro atoms. The third kappa shape index (κ3) is 4.04. The van der Waals surface area contributed by atoms with Gasteiger partial charge in [-0.25, -0.2) is 0 Å². The summed E-state index contributed by atoms with van der Waals surface area (Å²) in [7, 11) is 5.59. The molecule has 1 N–H and O–H groups in total. The summed E-state index contributed by atoms with van der Waals surface area (Å²) < 4.78 is 5.24. The van der Waals surface area contributed by atoms with Crippen molar-refractivity contribution in [2.24, 2.45) is 0 Å². The molecule has 0 saturated heterocycles. The van der Waals surface area contributed by atoms with E-state index in [4.69, 9.17) is 4.74 Å². The normalized spacial score (nSPS) is 19.5. The highest BCUT2D eigenvalue weighted by molar-refractivity contribution is 7.99. The zero-order valence-electron chi connectivity index (χ0n) is 17.1. The summed E-state index contributed by atoms with van der Waals surface area (Å²) in [5.74, 6) is 0.505. The predicted molar refractivity (Wildman–Crippen MR) is 114 cm³/mol. The standard InChI is InChI=1S/C22H28N2O3S/c1-14-6-11-18-19(15(14)2)24(13-12-23(3)4)22(26)20(25)21(28-18)16-7-9-17(27-5)10-8-16/h6-11,20-21,25H,12-13H2,1-5H3/t20-,21+/m1/s1. The van der Waals surface area contributed by atoms with Crippen LogP contribution in [0.1, 0.15) is 21.9 Å². The summed E-state index contributed by atoms with van der Waals surface area (Å²) in [6.45, 7) is 5.36. The molecule has 0 aromatic heterocycles. The SMILES string of the molecule is COc1ccc([C@@H]2Sc3ccc(C)c(C)c3N(CCN(C)C)C(=O)[C@@H]2O)cc1. The zero-order valence-corrected chi connectivity index (χ0v) is 17.9. The Balaban J connectivity index is 2.06. The lowest BCUT2D eigenvalue weighted by Crippen LogP contribution is -2.43. The van der Waals surface area contributed by atoms with Gasteiger partial charge in [0.25, 0.3) is 5.91 Å². The van der Waals surface area contributed by atoms with Crippen molar-refractivity contribution in [3.8, 4) is 5.75 Å². The predicted octanol–water partition coefficient (Wildman–Crippen LogP) is 3.41. The topological polar surface area (TPSA) is 53.0 Å². The molecule has 2 aromatic rings. The Morgan fingerprint density at radius 1 is 1.14 bits per heavy atom. The van der Waals surface area contributed by atoms with Crippen molar-refractivity contribution in [2.45, 2.75) is 30.1 Å². The Kier molecular flexibility index (Phi) is 6.33. The van der Waals surface area contributed by atoms with Crippen LogP contribution in [0.2, 0.25) is 0 Å². The Bertz CT molecular complexity index is 852. The zero-order chi connectivity index (χ0) is 20.4. The van der Waals surface area contributed by atoms with Crippen molar-refractivity contribution in [2.75, 3.05) is 39.2 Å². The monoisotopic (exact) mass is 400 g/mol. The summed E-state index contributed by atoms with van der Waals surface area (Å²) in [4.78, 5) is 18.1. The molecule has 6 heteroatoms. The molecule has 0 fully saturated rings. The number of anilines is 1. The highest BCUT2D eigenvalue weighted by atomic mass is 32.2. The number of carbonyl (C=O) groups excluding carboxylic acids is 1. The number of ether oxygens (including phenoxy) is 1. The lowest BCUT2D eigenvalue weighted by molar-refractivity contribution is -0.126. The van der Waals surface area contributed by atoms with E-state index in [9.17, 15) is 9.90 Å². The van der Waals surface area contributed by atoms with Crippen molar-refractivity contribution in [1.82, 2.24) is 4.90 Å². The molecule has 3 rings (SSSR count). The molecule has 2 aromatic carbocycles. The van der Waals surface area contributed by atoms with Crippen LogP contribution in [-0.2, 0) is 4.79 Å². The number of hydrogen-bond acceptors (Lipinski definition) is 5. The van der Waals surface area contributed by atoms with E-state index < -0.39 is 6.10 Å². The van der Waals surface area contributed by atoms with Gasteiger partial charge in [-0.3, -0.25) is 4.79 Å². The van der Waals surface area contributed by atoms with Gasteiger partial charge in [-0.2, -0.15) is 0 Å².